The highest BCUT2D eigenvalue weighted by molar-refractivity contribution is 5.98. The summed E-state index contributed by atoms with van der Waals surface area (Å²) >= 11 is 0. The van der Waals surface area contributed by atoms with Crippen LogP contribution in [-0.2, 0) is 17.3 Å². The molecule has 0 saturated carbocycles. The molecule has 0 bridgehead atoms. The first-order valence-corrected chi connectivity index (χ1v) is 9.35. The minimum atomic E-state index is -4.80. The Balaban J connectivity index is 2.10. The molecule has 2 aromatic heterocycles. The summed E-state index contributed by atoms with van der Waals surface area (Å²) in [6, 6.07) is 15.4. The van der Waals surface area contributed by atoms with Crippen LogP contribution >= 0.6 is 0 Å². The van der Waals surface area contributed by atoms with E-state index in [1.165, 1.54) is 31.2 Å². The van der Waals surface area contributed by atoms with Crippen LogP contribution in [0.3, 0.4) is 0 Å². The molecule has 4 rings (SSSR count). The molecule has 3 nitrogen and oxygen atoms in total. The minimum Gasteiger partial charge on any atom is -0.462 e. The fourth-order valence-corrected chi connectivity index (χ4v) is 3.74. The fraction of sp³-hybridized carbons (Fsp3) is 0.174. The standard InChI is InChI=1S/C23H17F4NO2/c1-2-30-22(29)20-17(13-14-7-10-16(24)11-8-14)19-12-9-15-5-3-4-6-18(15)28(19)21(20)23(25,26)27/h3-12H,2,13H2,1H3. The van der Waals surface area contributed by atoms with E-state index < -0.39 is 29.2 Å². The number of fused-ring (bicyclic) bond motifs is 3. The zero-order chi connectivity index (χ0) is 21.5. The van der Waals surface area contributed by atoms with Gasteiger partial charge >= 0.3 is 12.1 Å². The van der Waals surface area contributed by atoms with Crippen molar-refractivity contribution >= 4 is 22.4 Å². The zero-order valence-electron chi connectivity index (χ0n) is 16.0. The number of alkyl halides is 3. The Hall–Kier alpha value is -3.35. The monoisotopic (exact) mass is 415 g/mol. The smallest absolute Gasteiger partial charge is 0.432 e. The van der Waals surface area contributed by atoms with Crippen molar-refractivity contribution in [1.82, 2.24) is 4.40 Å². The molecule has 4 aromatic rings. The molecule has 0 saturated heterocycles. The third-order valence-electron chi connectivity index (χ3n) is 4.95. The molecule has 2 aromatic carbocycles. The summed E-state index contributed by atoms with van der Waals surface area (Å²) in [5.41, 5.74) is -0.212. The lowest BCUT2D eigenvalue weighted by atomic mass is 10.0. The van der Waals surface area contributed by atoms with Crippen molar-refractivity contribution in [2.75, 3.05) is 6.61 Å². The third kappa shape index (κ3) is 3.40. The van der Waals surface area contributed by atoms with Crippen molar-refractivity contribution in [3.05, 3.63) is 88.9 Å². The molecule has 0 aliphatic rings. The number of aromatic nitrogens is 1. The molecule has 0 unspecified atom stereocenters. The summed E-state index contributed by atoms with van der Waals surface area (Å²) < 4.78 is 62.1. The Kier molecular flexibility index (Phi) is 4.97. The summed E-state index contributed by atoms with van der Waals surface area (Å²) in [7, 11) is 0. The number of carbonyl (C=O) groups excluding carboxylic acids is 1. The van der Waals surface area contributed by atoms with Crippen LogP contribution in [0.25, 0.3) is 16.4 Å². The molecule has 0 aliphatic carbocycles. The maximum Gasteiger partial charge on any atom is 0.432 e. The van der Waals surface area contributed by atoms with E-state index in [4.69, 9.17) is 4.74 Å². The molecular weight excluding hydrogens is 398 g/mol. The van der Waals surface area contributed by atoms with Crippen molar-refractivity contribution in [3.8, 4) is 0 Å². The number of ether oxygens (including phenoxy) is 1. The first-order valence-electron chi connectivity index (χ1n) is 9.35. The van der Waals surface area contributed by atoms with Gasteiger partial charge in [0, 0.05) is 6.42 Å². The predicted molar refractivity (Wildman–Crippen MR) is 105 cm³/mol. The maximum absolute atomic E-state index is 14.2. The van der Waals surface area contributed by atoms with Crippen molar-refractivity contribution in [1.29, 1.82) is 0 Å². The number of para-hydroxylation sites is 1. The van der Waals surface area contributed by atoms with Crippen LogP contribution in [0, 0.1) is 5.82 Å². The van der Waals surface area contributed by atoms with Crippen LogP contribution in [0.4, 0.5) is 17.6 Å². The number of halogens is 4. The number of carbonyl (C=O) groups is 1. The first kappa shape index (κ1) is 19.9. The Morgan fingerprint density at radius 3 is 2.33 bits per heavy atom. The zero-order valence-corrected chi connectivity index (χ0v) is 16.0. The van der Waals surface area contributed by atoms with E-state index in [0.717, 1.165) is 4.40 Å². The molecule has 154 valence electrons. The van der Waals surface area contributed by atoms with E-state index in [2.05, 4.69) is 0 Å². The minimum absolute atomic E-state index is 0.0202. The van der Waals surface area contributed by atoms with Crippen molar-refractivity contribution in [3.63, 3.8) is 0 Å². The highest BCUT2D eigenvalue weighted by Gasteiger charge is 2.42. The van der Waals surface area contributed by atoms with Crippen molar-refractivity contribution in [2.24, 2.45) is 0 Å². The van der Waals surface area contributed by atoms with Crippen LogP contribution in [-0.4, -0.2) is 17.0 Å². The molecule has 7 heteroatoms. The molecule has 0 aliphatic heterocycles. The van der Waals surface area contributed by atoms with Gasteiger partial charge in [-0.15, -0.1) is 0 Å². The second-order valence-electron chi connectivity index (χ2n) is 6.84. The summed E-state index contributed by atoms with van der Waals surface area (Å²) in [5.74, 6) is -1.48. The molecular formula is C23H17F4NO2. The SMILES string of the molecule is CCOC(=O)c1c(Cc2ccc(F)cc2)c2ccc3ccccc3n2c1C(F)(F)F. The second-order valence-corrected chi connectivity index (χ2v) is 6.84. The van der Waals surface area contributed by atoms with Crippen molar-refractivity contribution < 1.29 is 27.1 Å². The number of rotatable bonds is 4. The van der Waals surface area contributed by atoms with Gasteiger partial charge in [-0.1, -0.05) is 36.4 Å². The van der Waals surface area contributed by atoms with Gasteiger partial charge in [-0.05, 0) is 47.7 Å². The van der Waals surface area contributed by atoms with E-state index in [1.54, 1.807) is 36.4 Å². The average Bonchev–Trinajstić information content (AvgIpc) is 3.05. The normalized spacial score (nSPS) is 11.9. The maximum atomic E-state index is 14.2. The highest BCUT2D eigenvalue weighted by atomic mass is 19.4. The van der Waals surface area contributed by atoms with Crippen LogP contribution in [0.2, 0.25) is 0 Å². The van der Waals surface area contributed by atoms with Gasteiger partial charge in [0.2, 0.25) is 0 Å². The number of esters is 1. The largest absolute Gasteiger partial charge is 0.462 e. The van der Waals surface area contributed by atoms with E-state index in [9.17, 15) is 22.4 Å². The molecule has 0 radical (unpaired) electrons. The molecule has 0 fully saturated rings. The molecule has 30 heavy (non-hydrogen) atoms. The van der Waals surface area contributed by atoms with Gasteiger partial charge in [0.15, 0.2) is 0 Å². The van der Waals surface area contributed by atoms with Gasteiger partial charge in [-0.25, -0.2) is 9.18 Å². The summed E-state index contributed by atoms with van der Waals surface area (Å²) in [6.45, 7) is 1.48. The number of hydrogen-bond acceptors (Lipinski definition) is 2. The fourth-order valence-electron chi connectivity index (χ4n) is 3.74. The van der Waals surface area contributed by atoms with Crippen LogP contribution < -0.4 is 0 Å². The van der Waals surface area contributed by atoms with Gasteiger partial charge in [0.05, 0.1) is 23.2 Å². The highest BCUT2D eigenvalue weighted by Crippen LogP contribution is 2.40. The number of pyridine rings is 1. The van der Waals surface area contributed by atoms with Gasteiger partial charge in [0.25, 0.3) is 0 Å². The van der Waals surface area contributed by atoms with E-state index in [-0.39, 0.29) is 24.1 Å². The van der Waals surface area contributed by atoms with Crippen molar-refractivity contribution in [2.45, 2.75) is 19.5 Å². The van der Waals surface area contributed by atoms with E-state index in [1.807, 2.05) is 0 Å². The Morgan fingerprint density at radius 1 is 0.967 bits per heavy atom. The van der Waals surface area contributed by atoms with Crippen LogP contribution in [0.5, 0.6) is 0 Å². The first-order chi connectivity index (χ1) is 14.3. The lowest BCUT2D eigenvalue weighted by Gasteiger charge is -2.12. The molecule has 2 heterocycles. The molecule has 0 amide bonds. The Labute approximate surface area is 169 Å². The topological polar surface area (TPSA) is 30.7 Å². The van der Waals surface area contributed by atoms with Gasteiger partial charge in [0.1, 0.15) is 11.5 Å². The second kappa shape index (κ2) is 7.48. The number of hydrogen-bond donors (Lipinski definition) is 0. The summed E-state index contributed by atoms with van der Waals surface area (Å²) in [4.78, 5) is 12.7. The lowest BCUT2D eigenvalue weighted by molar-refractivity contribution is -0.142. The van der Waals surface area contributed by atoms with E-state index >= 15 is 0 Å². The quantitative estimate of drug-likeness (QED) is 0.302. The number of benzene rings is 2. The lowest BCUT2D eigenvalue weighted by Crippen LogP contribution is -2.17. The van der Waals surface area contributed by atoms with Gasteiger partial charge < -0.3 is 9.14 Å². The number of nitrogens with zero attached hydrogens (tertiary/aromatic N) is 1. The van der Waals surface area contributed by atoms with Crippen LogP contribution in [0.15, 0.2) is 60.7 Å². The average molecular weight is 415 g/mol. The van der Waals surface area contributed by atoms with Crippen LogP contribution in [0.1, 0.15) is 34.1 Å². The van der Waals surface area contributed by atoms with E-state index in [0.29, 0.717) is 16.5 Å². The van der Waals surface area contributed by atoms with Gasteiger partial charge in [-0.2, -0.15) is 13.2 Å². The third-order valence-corrected chi connectivity index (χ3v) is 4.95. The summed E-state index contributed by atoms with van der Waals surface area (Å²) in [6.07, 6.45) is -4.78. The Morgan fingerprint density at radius 2 is 1.67 bits per heavy atom. The molecule has 0 atom stereocenters. The van der Waals surface area contributed by atoms with Gasteiger partial charge in [-0.3, -0.25) is 0 Å². The summed E-state index contributed by atoms with van der Waals surface area (Å²) in [5, 5.41) is 0.606. The Bertz CT molecular complexity index is 1240. The molecule has 0 N–H and O–H groups in total. The molecule has 0 spiro atoms. The predicted octanol–water partition coefficient (Wildman–Crippen LogP) is 6.02.